The first-order valence-electron chi connectivity index (χ1n) is 6.52. The van der Waals surface area contributed by atoms with Crippen molar-refractivity contribution in [3.05, 3.63) is 28.7 Å². The van der Waals surface area contributed by atoms with Gasteiger partial charge in [-0.15, -0.1) is 11.8 Å². The van der Waals surface area contributed by atoms with Crippen molar-refractivity contribution in [1.29, 1.82) is 0 Å². The highest BCUT2D eigenvalue weighted by atomic mass is 79.9. The molecule has 0 aromatic heterocycles. The lowest BCUT2D eigenvalue weighted by molar-refractivity contribution is -0.125. The zero-order valence-corrected chi connectivity index (χ0v) is 14.3. The van der Waals surface area contributed by atoms with Crippen molar-refractivity contribution in [1.82, 2.24) is 10.6 Å². The molecule has 1 aromatic carbocycles. The molecule has 0 aliphatic rings. The molecule has 116 valence electrons. The molecule has 0 radical (unpaired) electrons. The maximum Gasteiger partial charge on any atom is 0.239 e. The summed E-state index contributed by atoms with van der Waals surface area (Å²) in [5.74, 6) is 0.348. The number of methoxy groups -OCH3 is 1. The van der Waals surface area contributed by atoms with Gasteiger partial charge in [0.05, 0.1) is 13.2 Å². The highest BCUT2D eigenvalue weighted by molar-refractivity contribution is 9.10. The summed E-state index contributed by atoms with van der Waals surface area (Å²) in [6.07, 6.45) is 0.381. The molecule has 0 atom stereocenters. The molecule has 0 saturated carbocycles. The van der Waals surface area contributed by atoms with Gasteiger partial charge in [0.1, 0.15) is 0 Å². The Morgan fingerprint density at radius 1 is 1.19 bits per heavy atom. The molecule has 2 amide bonds. The number of amides is 2. The van der Waals surface area contributed by atoms with E-state index in [1.807, 2.05) is 24.3 Å². The van der Waals surface area contributed by atoms with Crippen LogP contribution in [0.2, 0.25) is 0 Å². The van der Waals surface area contributed by atoms with Crippen LogP contribution in [0.3, 0.4) is 0 Å². The van der Waals surface area contributed by atoms with Crippen LogP contribution in [0.15, 0.2) is 33.6 Å². The number of ether oxygens (including phenoxy) is 1. The summed E-state index contributed by atoms with van der Waals surface area (Å²) in [4.78, 5) is 24.1. The van der Waals surface area contributed by atoms with E-state index in [0.717, 1.165) is 9.37 Å². The first kappa shape index (κ1) is 18.0. The Bertz CT molecular complexity index is 454. The van der Waals surface area contributed by atoms with Crippen molar-refractivity contribution in [2.75, 3.05) is 32.6 Å². The van der Waals surface area contributed by atoms with E-state index in [9.17, 15) is 9.59 Å². The predicted octanol–water partition coefficient (Wildman–Crippen LogP) is 1.81. The van der Waals surface area contributed by atoms with Gasteiger partial charge in [-0.25, -0.2) is 0 Å². The van der Waals surface area contributed by atoms with Gasteiger partial charge >= 0.3 is 0 Å². The van der Waals surface area contributed by atoms with E-state index in [4.69, 9.17) is 4.74 Å². The fraction of sp³-hybridized carbons (Fsp3) is 0.429. The number of rotatable bonds is 9. The van der Waals surface area contributed by atoms with Crippen LogP contribution in [0.4, 0.5) is 0 Å². The SMILES string of the molecule is COCCNC(=O)CNC(=O)CCSc1ccc(Br)cc1. The van der Waals surface area contributed by atoms with Gasteiger partial charge in [-0.3, -0.25) is 9.59 Å². The maximum atomic E-state index is 11.6. The minimum atomic E-state index is -0.207. The zero-order valence-electron chi connectivity index (χ0n) is 11.9. The van der Waals surface area contributed by atoms with Gasteiger partial charge in [-0.05, 0) is 24.3 Å². The highest BCUT2D eigenvalue weighted by Crippen LogP contribution is 2.20. The van der Waals surface area contributed by atoms with Crippen LogP contribution < -0.4 is 10.6 Å². The number of carbonyl (C=O) groups is 2. The molecule has 21 heavy (non-hydrogen) atoms. The van der Waals surface area contributed by atoms with Crippen LogP contribution in [0.1, 0.15) is 6.42 Å². The van der Waals surface area contributed by atoms with Gasteiger partial charge in [0.15, 0.2) is 0 Å². The Labute approximate surface area is 137 Å². The maximum absolute atomic E-state index is 11.6. The fourth-order valence-corrected chi connectivity index (χ4v) is 2.53. The Balaban J connectivity index is 2.11. The van der Waals surface area contributed by atoms with Crippen molar-refractivity contribution < 1.29 is 14.3 Å². The number of hydrogen-bond acceptors (Lipinski definition) is 4. The van der Waals surface area contributed by atoms with Crippen LogP contribution in [0.5, 0.6) is 0 Å². The van der Waals surface area contributed by atoms with Crippen molar-refractivity contribution >= 4 is 39.5 Å². The molecule has 7 heteroatoms. The Morgan fingerprint density at radius 2 is 1.90 bits per heavy atom. The second kappa shape index (κ2) is 10.6. The lowest BCUT2D eigenvalue weighted by Gasteiger charge is -2.06. The Hall–Kier alpha value is -1.05. The summed E-state index contributed by atoms with van der Waals surface area (Å²) in [6.45, 7) is 0.916. The predicted molar refractivity (Wildman–Crippen MR) is 87.4 cm³/mol. The van der Waals surface area contributed by atoms with E-state index in [1.165, 1.54) is 0 Å². The van der Waals surface area contributed by atoms with Crippen LogP contribution in [0, 0.1) is 0 Å². The Morgan fingerprint density at radius 3 is 2.57 bits per heavy atom. The monoisotopic (exact) mass is 374 g/mol. The van der Waals surface area contributed by atoms with Gasteiger partial charge in [-0.1, -0.05) is 15.9 Å². The van der Waals surface area contributed by atoms with Crippen molar-refractivity contribution in [2.24, 2.45) is 0 Å². The second-order valence-electron chi connectivity index (χ2n) is 4.17. The Kier molecular flexibility index (Phi) is 9.12. The van der Waals surface area contributed by atoms with E-state index in [0.29, 0.717) is 25.3 Å². The third-order valence-electron chi connectivity index (χ3n) is 2.49. The number of benzene rings is 1. The molecular formula is C14H19BrN2O3S. The molecule has 5 nitrogen and oxygen atoms in total. The molecule has 0 bridgehead atoms. The summed E-state index contributed by atoms with van der Waals surface area (Å²) in [5, 5.41) is 5.23. The molecule has 0 fully saturated rings. The first-order valence-corrected chi connectivity index (χ1v) is 8.30. The van der Waals surface area contributed by atoms with Crippen molar-refractivity contribution in [2.45, 2.75) is 11.3 Å². The number of carbonyl (C=O) groups excluding carboxylic acids is 2. The largest absolute Gasteiger partial charge is 0.383 e. The molecule has 0 aliphatic heterocycles. The minimum Gasteiger partial charge on any atom is -0.383 e. The van der Waals surface area contributed by atoms with Crippen molar-refractivity contribution in [3.63, 3.8) is 0 Å². The van der Waals surface area contributed by atoms with E-state index in [2.05, 4.69) is 26.6 Å². The molecule has 0 unspecified atom stereocenters. The lowest BCUT2D eigenvalue weighted by atomic mass is 10.4. The summed E-state index contributed by atoms with van der Waals surface area (Å²) < 4.78 is 5.84. The minimum absolute atomic E-state index is 0.00545. The quantitative estimate of drug-likeness (QED) is 0.510. The number of thioether (sulfide) groups is 1. The molecule has 0 aliphatic carbocycles. The highest BCUT2D eigenvalue weighted by Gasteiger charge is 2.05. The average Bonchev–Trinajstić information content (AvgIpc) is 2.47. The summed E-state index contributed by atoms with van der Waals surface area (Å²) in [7, 11) is 1.57. The van der Waals surface area contributed by atoms with Crippen LogP contribution in [-0.4, -0.2) is 44.4 Å². The van der Waals surface area contributed by atoms with Gasteiger partial charge in [0.2, 0.25) is 11.8 Å². The molecular weight excluding hydrogens is 356 g/mol. The number of halogens is 1. The van der Waals surface area contributed by atoms with Crippen LogP contribution in [0.25, 0.3) is 0 Å². The smallest absolute Gasteiger partial charge is 0.239 e. The molecule has 0 spiro atoms. The molecule has 2 N–H and O–H groups in total. The molecule has 0 saturated heterocycles. The average molecular weight is 375 g/mol. The fourth-order valence-electron chi connectivity index (χ4n) is 1.41. The standard InChI is InChI=1S/C14H19BrN2O3S/c1-20-8-7-16-14(19)10-17-13(18)6-9-21-12-4-2-11(15)3-5-12/h2-5H,6-10H2,1H3,(H,16,19)(H,17,18). The van der Waals surface area contributed by atoms with Crippen LogP contribution in [-0.2, 0) is 14.3 Å². The third kappa shape index (κ3) is 8.75. The summed E-state index contributed by atoms with van der Waals surface area (Å²) >= 11 is 4.98. The van der Waals surface area contributed by atoms with Gasteiger partial charge in [-0.2, -0.15) is 0 Å². The number of nitrogens with one attached hydrogen (secondary N) is 2. The van der Waals surface area contributed by atoms with E-state index in [1.54, 1.807) is 18.9 Å². The van der Waals surface area contributed by atoms with Gasteiger partial charge in [0.25, 0.3) is 0 Å². The summed E-state index contributed by atoms with van der Waals surface area (Å²) in [5.41, 5.74) is 0. The van der Waals surface area contributed by atoms with E-state index in [-0.39, 0.29) is 18.4 Å². The molecule has 1 rings (SSSR count). The zero-order chi connectivity index (χ0) is 15.5. The topological polar surface area (TPSA) is 67.4 Å². The lowest BCUT2D eigenvalue weighted by Crippen LogP contribution is -2.38. The summed E-state index contributed by atoms with van der Waals surface area (Å²) in [6, 6.07) is 7.92. The number of hydrogen-bond donors (Lipinski definition) is 2. The van der Waals surface area contributed by atoms with E-state index >= 15 is 0 Å². The molecule has 0 heterocycles. The third-order valence-corrected chi connectivity index (χ3v) is 4.03. The first-order chi connectivity index (χ1) is 10.1. The van der Waals surface area contributed by atoms with E-state index < -0.39 is 0 Å². The molecule has 1 aromatic rings. The second-order valence-corrected chi connectivity index (χ2v) is 6.26. The van der Waals surface area contributed by atoms with Crippen LogP contribution >= 0.6 is 27.7 Å². The van der Waals surface area contributed by atoms with Gasteiger partial charge in [0, 0.05) is 35.2 Å². The van der Waals surface area contributed by atoms with Gasteiger partial charge < -0.3 is 15.4 Å². The normalized spacial score (nSPS) is 10.2. The van der Waals surface area contributed by atoms with Crippen molar-refractivity contribution in [3.8, 4) is 0 Å².